The number of carbonyl (C=O) groups excluding carboxylic acids is 1. The Morgan fingerprint density at radius 1 is 1.12 bits per heavy atom. The first-order chi connectivity index (χ1) is 12.2. The highest BCUT2D eigenvalue weighted by molar-refractivity contribution is 8.00. The zero-order valence-corrected chi connectivity index (χ0v) is 15.4. The quantitative estimate of drug-likeness (QED) is 0.728. The molecule has 0 aromatic heterocycles. The fraction of sp³-hybridized carbons (Fsp3) is 0.350. The molecule has 0 aliphatic carbocycles. The number of hydrogen-bond donors (Lipinski definition) is 0. The highest BCUT2D eigenvalue weighted by atomic mass is 32.2. The predicted molar refractivity (Wildman–Crippen MR) is 100 cm³/mol. The van der Waals surface area contributed by atoms with Crippen LogP contribution >= 0.6 is 11.8 Å². The van der Waals surface area contributed by atoms with Crippen molar-refractivity contribution in [1.82, 2.24) is 4.90 Å². The molecule has 2 aromatic carbocycles. The first-order valence-electron chi connectivity index (χ1n) is 8.41. The Labute approximate surface area is 153 Å². The van der Waals surface area contributed by atoms with E-state index in [1.54, 1.807) is 26.0 Å². The van der Waals surface area contributed by atoms with Crippen LogP contribution in [-0.4, -0.2) is 37.3 Å². The minimum absolute atomic E-state index is 0.152. The molecule has 0 N–H and O–H groups in total. The first-order valence-corrected chi connectivity index (χ1v) is 9.40. The molecule has 1 saturated heterocycles. The van der Waals surface area contributed by atoms with E-state index in [9.17, 15) is 4.79 Å². The van der Waals surface area contributed by atoms with E-state index in [1.165, 1.54) is 0 Å². The Morgan fingerprint density at radius 3 is 2.60 bits per heavy atom. The van der Waals surface area contributed by atoms with Crippen molar-refractivity contribution in [2.45, 2.75) is 23.8 Å². The van der Waals surface area contributed by atoms with Crippen LogP contribution in [0.1, 0.15) is 24.4 Å². The van der Waals surface area contributed by atoms with Gasteiger partial charge in [0, 0.05) is 11.4 Å². The van der Waals surface area contributed by atoms with Gasteiger partial charge in [0.05, 0.1) is 26.0 Å². The van der Waals surface area contributed by atoms with E-state index in [0.29, 0.717) is 5.75 Å². The molecular weight excluding hydrogens is 334 g/mol. The average Bonchev–Trinajstić information content (AvgIpc) is 3.16. The van der Waals surface area contributed by atoms with Gasteiger partial charge in [0.1, 0.15) is 11.5 Å². The number of rotatable bonds is 6. The monoisotopic (exact) mass is 357 g/mol. The van der Waals surface area contributed by atoms with Gasteiger partial charge >= 0.3 is 0 Å². The van der Waals surface area contributed by atoms with Gasteiger partial charge < -0.3 is 14.4 Å². The molecule has 2 aromatic rings. The van der Waals surface area contributed by atoms with E-state index in [1.807, 2.05) is 47.4 Å². The standard InChI is InChI=1S/C20H23NO3S/c1-23-16-8-10-18(11-9-16)25-14-20(22)21-12-4-7-19(21)15-5-3-6-17(13-15)24-2/h3,5-6,8-11,13,19H,4,7,12,14H2,1-2H3. The van der Waals surface area contributed by atoms with Gasteiger partial charge in [-0.1, -0.05) is 12.1 Å². The maximum atomic E-state index is 12.7. The van der Waals surface area contributed by atoms with Crippen molar-refractivity contribution in [1.29, 1.82) is 0 Å². The van der Waals surface area contributed by atoms with Crippen LogP contribution in [0.25, 0.3) is 0 Å². The van der Waals surface area contributed by atoms with Crippen molar-refractivity contribution in [2.75, 3.05) is 26.5 Å². The van der Waals surface area contributed by atoms with Gasteiger partial charge in [0.2, 0.25) is 5.91 Å². The molecule has 0 spiro atoms. The Kier molecular flexibility index (Phi) is 5.87. The molecule has 5 heteroatoms. The number of carbonyl (C=O) groups is 1. The van der Waals surface area contributed by atoms with E-state index in [2.05, 4.69) is 6.07 Å². The van der Waals surface area contributed by atoms with Crippen LogP contribution in [0.2, 0.25) is 0 Å². The van der Waals surface area contributed by atoms with Crippen molar-refractivity contribution in [3.05, 3.63) is 54.1 Å². The van der Waals surface area contributed by atoms with Crippen molar-refractivity contribution >= 4 is 17.7 Å². The second kappa shape index (κ2) is 8.30. The highest BCUT2D eigenvalue weighted by Crippen LogP contribution is 2.34. The molecular formula is C20H23NO3S. The maximum absolute atomic E-state index is 12.7. The fourth-order valence-corrected chi connectivity index (χ4v) is 3.95. The van der Waals surface area contributed by atoms with Gasteiger partial charge in [0.15, 0.2) is 0 Å². The third-order valence-electron chi connectivity index (χ3n) is 4.47. The molecule has 1 fully saturated rings. The number of nitrogens with zero attached hydrogens (tertiary/aromatic N) is 1. The Bertz CT molecular complexity index is 717. The minimum atomic E-state index is 0.152. The molecule has 1 unspecified atom stereocenters. The Balaban J connectivity index is 1.63. The molecule has 3 rings (SSSR count). The zero-order valence-electron chi connectivity index (χ0n) is 14.6. The van der Waals surface area contributed by atoms with Gasteiger partial charge in [-0.3, -0.25) is 4.79 Å². The fourth-order valence-electron chi connectivity index (χ4n) is 3.16. The van der Waals surface area contributed by atoms with E-state index in [4.69, 9.17) is 9.47 Å². The third kappa shape index (κ3) is 4.28. The van der Waals surface area contributed by atoms with Crippen LogP contribution in [0.15, 0.2) is 53.4 Å². The van der Waals surface area contributed by atoms with Crippen molar-refractivity contribution in [3.63, 3.8) is 0 Å². The van der Waals surface area contributed by atoms with Crippen LogP contribution in [0, 0.1) is 0 Å². The normalized spacial score (nSPS) is 16.7. The summed E-state index contributed by atoms with van der Waals surface area (Å²) >= 11 is 1.57. The second-order valence-corrected chi connectivity index (χ2v) is 7.03. The molecule has 1 amide bonds. The lowest BCUT2D eigenvalue weighted by Crippen LogP contribution is -2.31. The molecule has 4 nitrogen and oxygen atoms in total. The topological polar surface area (TPSA) is 38.8 Å². The highest BCUT2D eigenvalue weighted by Gasteiger charge is 2.29. The summed E-state index contributed by atoms with van der Waals surface area (Å²) in [5, 5.41) is 0. The van der Waals surface area contributed by atoms with Gasteiger partial charge in [-0.15, -0.1) is 11.8 Å². The van der Waals surface area contributed by atoms with E-state index in [0.717, 1.165) is 41.3 Å². The number of amides is 1. The molecule has 0 radical (unpaired) electrons. The number of methoxy groups -OCH3 is 2. The van der Waals surface area contributed by atoms with Gasteiger partial charge in [-0.25, -0.2) is 0 Å². The summed E-state index contributed by atoms with van der Waals surface area (Å²) in [6, 6.07) is 16.0. The van der Waals surface area contributed by atoms with E-state index >= 15 is 0 Å². The summed E-state index contributed by atoms with van der Waals surface area (Å²) in [6.45, 7) is 0.823. The summed E-state index contributed by atoms with van der Waals surface area (Å²) in [6.07, 6.45) is 2.05. The number of hydrogen-bond acceptors (Lipinski definition) is 4. The van der Waals surface area contributed by atoms with Crippen LogP contribution in [-0.2, 0) is 4.79 Å². The van der Waals surface area contributed by atoms with Crippen molar-refractivity contribution in [3.8, 4) is 11.5 Å². The smallest absolute Gasteiger partial charge is 0.233 e. The molecule has 0 saturated carbocycles. The van der Waals surface area contributed by atoms with E-state index < -0.39 is 0 Å². The van der Waals surface area contributed by atoms with Crippen LogP contribution in [0.5, 0.6) is 11.5 Å². The van der Waals surface area contributed by atoms with Gasteiger partial charge in [-0.05, 0) is 54.8 Å². The number of thioether (sulfide) groups is 1. The average molecular weight is 357 g/mol. The Morgan fingerprint density at radius 2 is 1.88 bits per heavy atom. The lowest BCUT2D eigenvalue weighted by Gasteiger charge is -2.25. The SMILES string of the molecule is COc1ccc(SCC(=O)N2CCCC2c2cccc(OC)c2)cc1. The summed E-state index contributed by atoms with van der Waals surface area (Å²) in [5.41, 5.74) is 1.15. The summed E-state index contributed by atoms with van der Waals surface area (Å²) < 4.78 is 10.5. The second-order valence-electron chi connectivity index (χ2n) is 5.99. The lowest BCUT2D eigenvalue weighted by molar-refractivity contribution is -0.129. The molecule has 1 aliphatic heterocycles. The molecule has 25 heavy (non-hydrogen) atoms. The predicted octanol–water partition coefficient (Wildman–Crippen LogP) is 4.16. The maximum Gasteiger partial charge on any atom is 0.233 e. The number of ether oxygens (including phenoxy) is 2. The van der Waals surface area contributed by atoms with Crippen molar-refractivity contribution in [2.24, 2.45) is 0 Å². The minimum Gasteiger partial charge on any atom is -0.497 e. The Hall–Kier alpha value is -2.14. The lowest BCUT2D eigenvalue weighted by atomic mass is 10.0. The van der Waals surface area contributed by atoms with Crippen LogP contribution in [0.3, 0.4) is 0 Å². The number of likely N-dealkylation sites (tertiary alicyclic amines) is 1. The molecule has 1 aliphatic rings. The molecule has 132 valence electrons. The summed E-state index contributed by atoms with van der Waals surface area (Å²) in [5.74, 6) is 2.30. The molecule has 1 atom stereocenters. The summed E-state index contributed by atoms with van der Waals surface area (Å²) in [7, 11) is 3.32. The summed E-state index contributed by atoms with van der Waals surface area (Å²) in [4.78, 5) is 15.8. The molecule has 1 heterocycles. The van der Waals surface area contributed by atoms with Crippen LogP contribution in [0.4, 0.5) is 0 Å². The molecule has 0 bridgehead atoms. The largest absolute Gasteiger partial charge is 0.497 e. The van der Waals surface area contributed by atoms with Gasteiger partial charge in [-0.2, -0.15) is 0 Å². The van der Waals surface area contributed by atoms with Crippen LogP contribution < -0.4 is 9.47 Å². The van der Waals surface area contributed by atoms with E-state index in [-0.39, 0.29) is 11.9 Å². The third-order valence-corrected chi connectivity index (χ3v) is 5.47. The van der Waals surface area contributed by atoms with Crippen molar-refractivity contribution < 1.29 is 14.3 Å². The zero-order chi connectivity index (χ0) is 17.6. The first kappa shape index (κ1) is 17.7. The number of benzene rings is 2. The van der Waals surface area contributed by atoms with Gasteiger partial charge in [0.25, 0.3) is 0 Å².